The molecule has 1 rings (SSSR count). The van der Waals surface area contributed by atoms with Crippen LogP contribution in [0.2, 0.25) is 0 Å². The third kappa shape index (κ3) is 3.09. The van der Waals surface area contributed by atoms with E-state index in [4.69, 9.17) is 4.74 Å². The number of hydrogen-bond donors (Lipinski definition) is 2. The van der Waals surface area contributed by atoms with E-state index < -0.39 is 4.92 Å². The maximum absolute atomic E-state index is 10.8. The van der Waals surface area contributed by atoms with Crippen LogP contribution in [0.25, 0.3) is 0 Å². The van der Waals surface area contributed by atoms with E-state index in [1.54, 1.807) is 12.1 Å². The van der Waals surface area contributed by atoms with Gasteiger partial charge >= 0.3 is 0 Å². The van der Waals surface area contributed by atoms with Crippen molar-refractivity contribution < 1.29 is 9.66 Å². The predicted molar refractivity (Wildman–Crippen MR) is 62.1 cm³/mol. The van der Waals surface area contributed by atoms with Crippen LogP contribution in [0.15, 0.2) is 18.2 Å². The number of ether oxygens (including phenoxy) is 1. The van der Waals surface area contributed by atoms with Crippen molar-refractivity contribution in [2.75, 3.05) is 32.6 Å². The Morgan fingerprint density at radius 3 is 2.75 bits per heavy atom. The van der Waals surface area contributed by atoms with Crippen molar-refractivity contribution in [1.82, 2.24) is 5.32 Å². The highest BCUT2D eigenvalue weighted by molar-refractivity contribution is 5.63. The van der Waals surface area contributed by atoms with Crippen LogP contribution in [0.1, 0.15) is 0 Å². The van der Waals surface area contributed by atoms with Gasteiger partial charge in [-0.2, -0.15) is 0 Å². The average molecular weight is 225 g/mol. The van der Waals surface area contributed by atoms with Gasteiger partial charge in [0.25, 0.3) is 5.69 Å². The van der Waals surface area contributed by atoms with Crippen molar-refractivity contribution in [3.8, 4) is 5.75 Å². The summed E-state index contributed by atoms with van der Waals surface area (Å²) in [7, 11) is 3.30. The van der Waals surface area contributed by atoms with Gasteiger partial charge in [0.2, 0.25) is 0 Å². The molecule has 0 aliphatic heterocycles. The molecule has 0 heterocycles. The van der Waals surface area contributed by atoms with Gasteiger partial charge in [0.15, 0.2) is 0 Å². The molecule has 0 radical (unpaired) electrons. The van der Waals surface area contributed by atoms with E-state index in [-0.39, 0.29) is 5.69 Å². The fourth-order valence-corrected chi connectivity index (χ4v) is 1.26. The quantitative estimate of drug-likeness (QED) is 0.432. The Hall–Kier alpha value is -1.82. The molecule has 16 heavy (non-hydrogen) atoms. The maximum Gasteiger partial charge on any atom is 0.296 e. The van der Waals surface area contributed by atoms with Gasteiger partial charge in [0.05, 0.1) is 18.1 Å². The third-order valence-electron chi connectivity index (χ3n) is 2.09. The number of benzene rings is 1. The first-order chi connectivity index (χ1) is 7.69. The SMILES string of the molecule is CNCCNc1ccc(OC)cc1[N+](=O)[O-]. The molecule has 0 atom stereocenters. The Balaban J connectivity index is 2.85. The molecule has 0 saturated carbocycles. The Morgan fingerprint density at radius 2 is 2.19 bits per heavy atom. The third-order valence-corrected chi connectivity index (χ3v) is 2.09. The van der Waals surface area contributed by atoms with E-state index in [1.807, 2.05) is 7.05 Å². The van der Waals surface area contributed by atoms with Gasteiger partial charge in [-0.1, -0.05) is 0 Å². The molecular formula is C10H15N3O3. The number of likely N-dealkylation sites (N-methyl/N-ethyl adjacent to an activating group) is 1. The first-order valence-corrected chi connectivity index (χ1v) is 4.90. The van der Waals surface area contributed by atoms with Gasteiger partial charge in [-0.3, -0.25) is 10.1 Å². The highest BCUT2D eigenvalue weighted by Gasteiger charge is 2.14. The fraction of sp³-hybridized carbons (Fsp3) is 0.400. The summed E-state index contributed by atoms with van der Waals surface area (Å²) < 4.78 is 4.94. The molecule has 0 aromatic heterocycles. The normalized spacial score (nSPS) is 9.88. The monoisotopic (exact) mass is 225 g/mol. The highest BCUT2D eigenvalue weighted by Crippen LogP contribution is 2.28. The second-order valence-corrected chi connectivity index (χ2v) is 3.17. The lowest BCUT2D eigenvalue weighted by Gasteiger charge is -2.07. The number of nitrogens with one attached hydrogen (secondary N) is 2. The summed E-state index contributed by atoms with van der Waals surface area (Å²) in [6, 6.07) is 4.74. The van der Waals surface area contributed by atoms with Crippen LogP contribution in [0.4, 0.5) is 11.4 Å². The molecule has 6 heteroatoms. The Morgan fingerprint density at radius 1 is 1.44 bits per heavy atom. The van der Waals surface area contributed by atoms with Crippen LogP contribution in [-0.4, -0.2) is 32.2 Å². The molecular weight excluding hydrogens is 210 g/mol. The number of anilines is 1. The summed E-state index contributed by atoms with van der Waals surface area (Å²) in [5, 5.41) is 16.8. The summed E-state index contributed by atoms with van der Waals surface area (Å²) in [4.78, 5) is 10.4. The van der Waals surface area contributed by atoms with Crippen molar-refractivity contribution in [2.45, 2.75) is 0 Å². The van der Waals surface area contributed by atoms with E-state index in [1.165, 1.54) is 13.2 Å². The van der Waals surface area contributed by atoms with Crippen LogP contribution < -0.4 is 15.4 Å². The minimum Gasteiger partial charge on any atom is -0.496 e. The van der Waals surface area contributed by atoms with E-state index in [9.17, 15) is 10.1 Å². The van der Waals surface area contributed by atoms with Crippen LogP contribution in [-0.2, 0) is 0 Å². The minimum absolute atomic E-state index is 0.0236. The maximum atomic E-state index is 10.8. The lowest BCUT2D eigenvalue weighted by atomic mass is 10.2. The first kappa shape index (κ1) is 12.3. The number of nitro groups is 1. The van der Waals surface area contributed by atoms with Crippen molar-refractivity contribution in [3.63, 3.8) is 0 Å². The molecule has 6 nitrogen and oxygen atoms in total. The van der Waals surface area contributed by atoms with E-state index in [0.717, 1.165) is 6.54 Å². The van der Waals surface area contributed by atoms with Crippen LogP contribution >= 0.6 is 0 Å². The molecule has 0 amide bonds. The molecule has 88 valence electrons. The van der Waals surface area contributed by atoms with Crippen LogP contribution in [0, 0.1) is 10.1 Å². The molecule has 0 saturated heterocycles. The molecule has 0 bridgehead atoms. The lowest BCUT2D eigenvalue weighted by molar-refractivity contribution is -0.384. The lowest BCUT2D eigenvalue weighted by Crippen LogP contribution is -2.18. The summed E-state index contributed by atoms with van der Waals surface area (Å²) >= 11 is 0. The first-order valence-electron chi connectivity index (χ1n) is 4.90. The molecule has 0 fully saturated rings. The summed E-state index contributed by atoms with van der Waals surface area (Å²) in [5.41, 5.74) is 0.525. The van der Waals surface area contributed by atoms with Crippen molar-refractivity contribution in [1.29, 1.82) is 0 Å². The van der Waals surface area contributed by atoms with Gasteiger partial charge in [-0.05, 0) is 19.2 Å². The molecule has 2 N–H and O–H groups in total. The number of rotatable bonds is 6. The fourth-order valence-electron chi connectivity index (χ4n) is 1.26. The Kier molecular flexibility index (Phi) is 4.53. The second-order valence-electron chi connectivity index (χ2n) is 3.17. The smallest absolute Gasteiger partial charge is 0.296 e. The molecule has 0 aliphatic carbocycles. The van der Waals surface area contributed by atoms with E-state index in [0.29, 0.717) is 18.0 Å². The minimum atomic E-state index is -0.426. The Bertz CT molecular complexity index is 368. The van der Waals surface area contributed by atoms with Gasteiger partial charge < -0.3 is 15.4 Å². The van der Waals surface area contributed by atoms with Crippen LogP contribution in [0.3, 0.4) is 0 Å². The standard InChI is InChI=1S/C10H15N3O3/c1-11-5-6-12-9-4-3-8(16-2)7-10(9)13(14)15/h3-4,7,11-12H,5-6H2,1-2H3. The topological polar surface area (TPSA) is 76.4 Å². The second kappa shape index (κ2) is 5.92. The van der Waals surface area contributed by atoms with E-state index in [2.05, 4.69) is 10.6 Å². The summed E-state index contributed by atoms with van der Waals surface area (Å²) in [6.07, 6.45) is 0. The number of hydrogen-bond acceptors (Lipinski definition) is 5. The molecule has 0 unspecified atom stereocenters. The summed E-state index contributed by atoms with van der Waals surface area (Å²) in [5.74, 6) is 0.478. The highest BCUT2D eigenvalue weighted by atomic mass is 16.6. The molecule has 0 spiro atoms. The largest absolute Gasteiger partial charge is 0.496 e. The van der Waals surface area contributed by atoms with E-state index >= 15 is 0 Å². The average Bonchev–Trinajstić information content (AvgIpc) is 2.29. The zero-order valence-corrected chi connectivity index (χ0v) is 9.32. The Labute approximate surface area is 93.8 Å². The predicted octanol–water partition coefficient (Wildman–Crippen LogP) is 1.23. The van der Waals surface area contributed by atoms with Gasteiger partial charge in [-0.15, -0.1) is 0 Å². The molecule has 1 aromatic carbocycles. The zero-order valence-electron chi connectivity index (χ0n) is 9.32. The molecule has 0 aliphatic rings. The number of nitrogens with zero attached hydrogens (tertiary/aromatic N) is 1. The number of nitro benzene ring substituents is 1. The van der Waals surface area contributed by atoms with Crippen molar-refractivity contribution in [2.24, 2.45) is 0 Å². The number of methoxy groups -OCH3 is 1. The summed E-state index contributed by atoms with van der Waals surface area (Å²) in [6.45, 7) is 1.37. The van der Waals surface area contributed by atoms with Crippen molar-refractivity contribution >= 4 is 11.4 Å². The van der Waals surface area contributed by atoms with Gasteiger partial charge in [0.1, 0.15) is 11.4 Å². The van der Waals surface area contributed by atoms with Crippen molar-refractivity contribution in [3.05, 3.63) is 28.3 Å². The van der Waals surface area contributed by atoms with Crippen LogP contribution in [0.5, 0.6) is 5.75 Å². The van der Waals surface area contributed by atoms with Gasteiger partial charge in [0, 0.05) is 13.1 Å². The molecule has 1 aromatic rings. The van der Waals surface area contributed by atoms with Gasteiger partial charge in [-0.25, -0.2) is 0 Å². The zero-order chi connectivity index (χ0) is 12.0.